The van der Waals surface area contributed by atoms with Crippen LogP contribution in [0, 0.1) is 11.6 Å². The van der Waals surface area contributed by atoms with Crippen molar-refractivity contribution in [3.8, 4) is 0 Å². The van der Waals surface area contributed by atoms with Crippen LogP contribution in [-0.2, 0) is 21.0 Å². The zero-order valence-corrected chi connectivity index (χ0v) is 19.6. The predicted octanol–water partition coefficient (Wildman–Crippen LogP) is -0.0140. The van der Waals surface area contributed by atoms with E-state index >= 15 is 0 Å². The summed E-state index contributed by atoms with van der Waals surface area (Å²) in [4.78, 5) is 21.0. The highest BCUT2D eigenvalue weighted by molar-refractivity contribution is 7.84. The lowest BCUT2D eigenvalue weighted by Crippen LogP contribution is -2.38. The second-order valence-electron chi connectivity index (χ2n) is 8.01. The highest BCUT2D eigenvalue weighted by atomic mass is 32.2. The number of hydrogen-bond donors (Lipinski definition) is 4. The maximum absolute atomic E-state index is 13.9. The van der Waals surface area contributed by atoms with Crippen LogP contribution in [-0.4, -0.2) is 75.6 Å². The van der Waals surface area contributed by atoms with E-state index < -0.39 is 52.1 Å². The van der Waals surface area contributed by atoms with Crippen molar-refractivity contribution in [3.63, 3.8) is 0 Å². The second kappa shape index (κ2) is 10.3. The molecule has 36 heavy (non-hydrogen) atoms. The maximum atomic E-state index is 13.9. The van der Waals surface area contributed by atoms with Gasteiger partial charge in [-0.2, -0.15) is 18.2 Å². The van der Waals surface area contributed by atoms with Gasteiger partial charge in [0.2, 0.25) is 5.78 Å². The van der Waals surface area contributed by atoms with Crippen LogP contribution in [0.5, 0.6) is 0 Å². The number of halogens is 2. The van der Waals surface area contributed by atoms with E-state index in [1.807, 2.05) is 4.72 Å². The Morgan fingerprint density at radius 1 is 1.25 bits per heavy atom. The topological polar surface area (TPSA) is 169 Å². The van der Waals surface area contributed by atoms with Gasteiger partial charge >= 0.3 is 10.3 Å². The number of hydrogen-bond acceptors (Lipinski definition) is 10. The Hall–Kier alpha value is -3.37. The fourth-order valence-corrected chi connectivity index (χ4v) is 4.39. The predicted molar refractivity (Wildman–Crippen MR) is 120 cm³/mol. The minimum absolute atomic E-state index is 0.00842. The molecule has 1 aromatic carbocycles. The quantitative estimate of drug-likeness (QED) is 0.279. The first-order valence-electron chi connectivity index (χ1n) is 10.6. The van der Waals surface area contributed by atoms with E-state index in [0.717, 1.165) is 31.6 Å². The van der Waals surface area contributed by atoms with Gasteiger partial charge in [-0.1, -0.05) is 0 Å². The van der Waals surface area contributed by atoms with Crippen molar-refractivity contribution in [2.24, 2.45) is 0 Å². The van der Waals surface area contributed by atoms with Crippen molar-refractivity contribution in [2.75, 3.05) is 12.4 Å². The van der Waals surface area contributed by atoms with Gasteiger partial charge in [0.15, 0.2) is 0 Å². The number of aliphatic hydroxyl groups is 2. The summed E-state index contributed by atoms with van der Waals surface area (Å²) in [6.07, 6.45) is -0.507. The van der Waals surface area contributed by atoms with E-state index in [4.69, 9.17) is 4.18 Å². The molecule has 15 heteroatoms. The van der Waals surface area contributed by atoms with Crippen molar-refractivity contribution in [3.05, 3.63) is 71.4 Å². The summed E-state index contributed by atoms with van der Waals surface area (Å²) in [5.74, 6) is -1.82. The van der Waals surface area contributed by atoms with Gasteiger partial charge in [-0.25, -0.2) is 18.7 Å². The molecule has 0 amide bonds. The smallest absolute Gasteiger partial charge is 0.335 e. The molecule has 0 spiro atoms. The average Bonchev–Trinajstić information content (AvgIpc) is 3.42. The number of ketones is 1. The maximum Gasteiger partial charge on any atom is 0.335 e. The molecule has 0 aliphatic heterocycles. The van der Waals surface area contributed by atoms with Gasteiger partial charge in [-0.3, -0.25) is 13.7 Å². The molecule has 1 aliphatic carbocycles. The van der Waals surface area contributed by atoms with E-state index in [-0.39, 0.29) is 35.6 Å². The molecule has 0 unspecified atom stereocenters. The SMILES string of the molecule is CNS(=O)(=O)O[C@@H]1C[C@@H](Nc2ncncc2C(=O)c2ccn(Cc3cc(F)ccc3F)n2)[C@H](O)[C@H]1O. The summed E-state index contributed by atoms with van der Waals surface area (Å²) < 4.78 is 58.8. The third-order valence-electron chi connectivity index (χ3n) is 5.62. The summed E-state index contributed by atoms with van der Waals surface area (Å²) in [5, 5.41) is 27.6. The van der Waals surface area contributed by atoms with Crippen LogP contribution in [0.1, 0.15) is 28.0 Å². The third-order valence-corrected chi connectivity index (χ3v) is 6.62. The number of carbonyl (C=O) groups excluding carboxylic acids is 1. The van der Waals surface area contributed by atoms with Crippen LogP contribution in [0.4, 0.5) is 14.6 Å². The zero-order chi connectivity index (χ0) is 26.0. The first-order chi connectivity index (χ1) is 17.1. The molecule has 1 fully saturated rings. The van der Waals surface area contributed by atoms with Gasteiger partial charge in [0.1, 0.15) is 47.8 Å². The van der Waals surface area contributed by atoms with Crippen molar-refractivity contribution >= 4 is 21.9 Å². The number of nitrogens with one attached hydrogen (secondary N) is 2. The molecule has 0 saturated heterocycles. The number of benzene rings is 1. The Morgan fingerprint density at radius 2 is 2.03 bits per heavy atom. The molecule has 0 bridgehead atoms. The first kappa shape index (κ1) is 25.7. The summed E-state index contributed by atoms with van der Waals surface area (Å²) in [6.45, 7) is -0.115. The van der Waals surface area contributed by atoms with Gasteiger partial charge < -0.3 is 15.5 Å². The average molecular weight is 525 g/mol. The van der Waals surface area contributed by atoms with Crippen LogP contribution in [0.15, 0.2) is 43.0 Å². The lowest BCUT2D eigenvalue weighted by atomic mass is 10.1. The molecule has 4 atom stereocenters. The number of aromatic nitrogens is 4. The summed E-state index contributed by atoms with van der Waals surface area (Å²) in [7, 11) is -2.99. The molecule has 1 aliphatic rings. The van der Waals surface area contributed by atoms with Gasteiger partial charge in [-0.05, 0) is 24.3 Å². The molecule has 2 aromatic heterocycles. The zero-order valence-electron chi connectivity index (χ0n) is 18.7. The molecular weight excluding hydrogens is 502 g/mol. The molecule has 12 nitrogen and oxygen atoms in total. The Labute approximate surface area is 204 Å². The van der Waals surface area contributed by atoms with Crippen LogP contribution in [0.3, 0.4) is 0 Å². The standard InChI is InChI=1S/C21H22F2N6O6S/c1-24-36(33,34)35-17-7-16(19(31)20(17)32)27-21-13(8-25-10-26-21)18(30)15-4-5-29(28-15)9-11-6-12(22)2-3-14(11)23/h2-6,8,10,16-17,19-20,24,31-32H,7,9H2,1H3,(H,25,26,27)/t16-,17-,19+,20+/m1/s1. The Bertz CT molecular complexity index is 1370. The van der Waals surface area contributed by atoms with Gasteiger partial charge in [0, 0.05) is 31.4 Å². The molecular formula is C21H22F2N6O6S. The van der Waals surface area contributed by atoms with E-state index in [0.29, 0.717) is 0 Å². The fourth-order valence-electron chi connectivity index (χ4n) is 3.77. The summed E-state index contributed by atoms with van der Waals surface area (Å²) in [5.41, 5.74) is -0.0000753. The van der Waals surface area contributed by atoms with Gasteiger partial charge in [-0.15, -0.1) is 0 Å². The normalized spacial score (nSPS) is 22.0. The second-order valence-corrected chi connectivity index (χ2v) is 9.52. The molecule has 4 rings (SSSR count). The lowest BCUT2D eigenvalue weighted by molar-refractivity contribution is -0.00882. The Morgan fingerprint density at radius 3 is 2.78 bits per heavy atom. The fraction of sp³-hybridized carbons (Fsp3) is 0.333. The van der Waals surface area contributed by atoms with Crippen molar-refractivity contribution in [2.45, 2.75) is 37.3 Å². The third kappa shape index (κ3) is 5.55. The highest BCUT2D eigenvalue weighted by Crippen LogP contribution is 2.28. The number of carbonyl (C=O) groups is 1. The van der Waals surface area contributed by atoms with Crippen molar-refractivity contribution < 1.29 is 36.4 Å². The van der Waals surface area contributed by atoms with Crippen molar-refractivity contribution in [1.29, 1.82) is 0 Å². The van der Waals surface area contributed by atoms with Gasteiger partial charge in [0.05, 0.1) is 18.2 Å². The number of anilines is 1. The Balaban J connectivity index is 1.51. The summed E-state index contributed by atoms with van der Waals surface area (Å²) >= 11 is 0. The first-order valence-corrected chi connectivity index (χ1v) is 12.1. The molecule has 3 aromatic rings. The minimum Gasteiger partial charge on any atom is -0.388 e. The monoisotopic (exact) mass is 524 g/mol. The Kier molecular flexibility index (Phi) is 7.37. The molecule has 192 valence electrons. The summed E-state index contributed by atoms with van der Waals surface area (Å²) in [6, 6.07) is 3.50. The molecule has 2 heterocycles. The molecule has 1 saturated carbocycles. The van der Waals surface area contributed by atoms with E-state index in [1.54, 1.807) is 0 Å². The van der Waals surface area contributed by atoms with E-state index in [2.05, 4.69) is 20.4 Å². The number of nitrogens with zero attached hydrogens (tertiary/aromatic N) is 4. The lowest BCUT2D eigenvalue weighted by Gasteiger charge is -2.19. The van der Waals surface area contributed by atoms with Crippen LogP contribution in [0.2, 0.25) is 0 Å². The minimum atomic E-state index is -4.12. The van der Waals surface area contributed by atoms with Crippen LogP contribution in [0.25, 0.3) is 0 Å². The van der Waals surface area contributed by atoms with Crippen LogP contribution < -0.4 is 10.0 Å². The molecule has 0 radical (unpaired) electrons. The number of rotatable bonds is 9. The largest absolute Gasteiger partial charge is 0.388 e. The molecule has 4 N–H and O–H groups in total. The van der Waals surface area contributed by atoms with Crippen molar-refractivity contribution in [1.82, 2.24) is 24.5 Å². The number of aliphatic hydroxyl groups excluding tert-OH is 2. The van der Waals surface area contributed by atoms with Gasteiger partial charge in [0.25, 0.3) is 0 Å². The van der Waals surface area contributed by atoms with E-state index in [9.17, 15) is 32.2 Å². The van der Waals surface area contributed by atoms with Crippen LogP contribution >= 0.6 is 0 Å². The van der Waals surface area contributed by atoms with E-state index in [1.165, 1.54) is 23.1 Å². The highest BCUT2D eigenvalue weighted by Gasteiger charge is 2.44.